The van der Waals surface area contributed by atoms with Crippen molar-refractivity contribution in [1.29, 1.82) is 0 Å². The molecule has 0 aliphatic carbocycles. The summed E-state index contributed by atoms with van der Waals surface area (Å²) < 4.78 is 1.07. The number of nitrogens with one attached hydrogen (secondary N) is 1. The first-order valence-corrected chi connectivity index (χ1v) is 3.54. The second-order valence-corrected chi connectivity index (χ2v) is 2.37. The van der Waals surface area contributed by atoms with Gasteiger partial charge in [-0.15, -0.1) is 0 Å². The van der Waals surface area contributed by atoms with Gasteiger partial charge < -0.3 is 10.7 Å². The number of hydrogen-bond acceptors (Lipinski definition) is 3. The van der Waals surface area contributed by atoms with Crippen LogP contribution in [0, 0.1) is 6.33 Å². The van der Waals surface area contributed by atoms with Gasteiger partial charge in [0, 0.05) is 18.6 Å². The summed E-state index contributed by atoms with van der Waals surface area (Å²) in [5.41, 5.74) is 5.53. The average molecular weight is 176 g/mol. The van der Waals surface area contributed by atoms with Gasteiger partial charge in [-0.05, 0) is 0 Å². The number of rotatable bonds is 1. The normalized spacial score (nSPS) is 10.2. The molecule has 2 aromatic rings. The Bertz CT molecular complexity index is 416. The van der Waals surface area contributed by atoms with Gasteiger partial charge in [0.05, 0.1) is 0 Å². The van der Waals surface area contributed by atoms with Crippen molar-refractivity contribution in [3.8, 4) is 11.5 Å². The maximum absolute atomic E-state index is 10.7. The lowest BCUT2D eigenvalue weighted by Gasteiger charge is -1.89. The number of primary amides is 1. The zero-order valence-corrected chi connectivity index (χ0v) is 6.56. The fourth-order valence-electron chi connectivity index (χ4n) is 0.920. The van der Waals surface area contributed by atoms with Crippen LogP contribution < -0.4 is 5.73 Å². The molecule has 2 aromatic heterocycles. The smallest absolute Gasteiger partial charge is 0.324 e. The van der Waals surface area contributed by atoms with Crippen molar-refractivity contribution < 1.29 is 4.79 Å². The SMILES string of the molecule is NC(=O)n1[c]nc(-c2ncc[nH]2)c1. The second-order valence-electron chi connectivity index (χ2n) is 2.37. The van der Waals surface area contributed by atoms with Crippen molar-refractivity contribution in [2.24, 2.45) is 5.73 Å². The van der Waals surface area contributed by atoms with Gasteiger partial charge in [-0.25, -0.2) is 19.3 Å². The first-order valence-electron chi connectivity index (χ1n) is 3.54. The number of aromatic nitrogens is 4. The molecule has 1 radical (unpaired) electrons. The quantitative estimate of drug-likeness (QED) is 0.640. The summed E-state index contributed by atoms with van der Waals surface area (Å²) in [6, 6.07) is -0.620. The zero-order chi connectivity index (χ0) is 9.26. The largest absolute Gasteiger partial charge is 0.351 e. The van der Waals surface area contributed by atoms with Crippen molar-refractivity contribution in [2.45, 2.75) is 0 Å². The standard InChI is InChI=1S/C7H6N5O/c8-7(13)12-3-5(11-4-12)6-9-1-2-10-6/h1-3H,(H2,8,13)(H,9,10). The van der Waals surface area contributed by atoms with Crippen LogP contribution in [0.15, 0.2) is 18.6 Å². The minimum atomic E-state index is -0.620. The van der Waals surface area contributed by atoms with Crippen LogP contribution in [0.5, 0.6) is 0 Å². The average Bonchev–Trinajstić information content (AvgIpc) is 2.75. The van der Waals surface area contributed by atoms with Gasteiger partial charge in [-0.2, -0.15) is 0 Å². The monoisotopic (exact) mass is 176 g/mol. The summed E-state index contributed by atoms with van der Waals surface area (Å²) in [6.45, 7) is 0. The molecule has 0 aliphatic heterocycles. The molecule has 65 valence electrons. The van der Waals surface area contributed by atoms with E-state index in [1.165, 1.54) is 6.20 Å². The van der Waals surface area contributed by atoms with Gasteiger partial charge in [0.15, 0.2) is 12.2 Å². The predicted molar refractivity (Wildman–Crippen MR) is 43.6 cm³/mol. The molecule has 13 heavy (non-hydrogen) atoms. The van der Waals surface area contributed by atoms with Gasteiger partial charge in [0.2, 0.25) is 0 Å². The highest BCUT2D eigenvalue weighted by molar-refractivity contribution is 5.75. The molecule has 2 heterocycles. The molecule has 0 aromatic carbocycles. The van der Waals surface area contributed by atoms with Gasteiger partial charge >= 0.3 is 6.03 Å². The Morgan fingerprint density at radius 2 is 2.54 bits per heavy atom. The molecule has 2 rings (SSSR count). The highest BCUT2D eigenvalue weighted by atomic mass is 16.2. The number of carbonyl (C=O) groups is 1. The number of H-pyrrole nitrogens is 1. The number of hydrogen-bond donors (Lipinski definition) is 2. The van der Waals surface area contributed by atoms with E-state index in [1.807, 2.05) is 0 Å². The number of nitrogens with two attached hydrogens (primary N) is 1. The Balaban J connectivity index is 2.39. The van der Waals surface area contributed by atoms with Gasteiger partial charge in [0.1, 0.15) is 5.69 Å². The maximum Gasteiger partial charge on any atom is 0.324 e. The summed E-state index contributed by atoms with van der Waals surface area (Å²) in [6.07, 6.45) is 7.15. The predicted octanol–water partition coefficient (Wildman–Crippen LogP) is 0.000190. The zero-order valence-electron chi connectivity index (χ0n) is 6.56. The molecule has 0 atom stereocenters. The van der Waals surface area contributed by atoms with Crippen LogP contribution in [-0.4, -0.2) is 25.6 Å². The lowest BCUT2D eigenvalue weighted by molar-refractivity contribution is 0.250. The first kappa shape index (κ1) is 7.53. The fourth-order valence-corrected chi connectivity index (χ4v) is 0.920. The summed E-state index contributed by atoms with van der Waals surface area (Å²) >= 11 is 0. The molecule has 0 unspecified atom stereocenters. The van der Waals surface area contributed by atoms with Gasteiger partial charge in [-0.3, -0.25) is 0 Å². The van der Waals surface area contributed by atoms with Crippen LogP contribution in [0.25, 0.3) is 11.5 Å². The highest BCUT2D eigenvalue weighted by Crippen LogP contribution is 2.09. The number of imidazole rings is 2. The van der Waals surface area contributed by atoms with Crippen LogP contribution in [0.4, 0.5) is 4.79 Å². The van der Waals surface area contributed by atoms with Crippen LogP contribution in [0.2, 0.25) is 0 Å². The Labute approximate surface area is 73.4 Å². The van der Waals surface area contributed by atoms with E-state index >= 15 is 0 Å². The van der Waals surface area contributed by atoms with Crippen molar-refractivity contribution in [3.63, 3.8) is 0 Å². The highest BCUT2D eigenvalue weighted by Gasteiger charge is 2.06. The molecular formula is C7H6N5O. The fraction of sp³-hybridized carbons (Fsp3) is 0. The number of nitrogens with zero attached hydrogens (tertiary/aromatic N) is 3. The Kier molecular flexibility index (Phi) is 1.59. The van der Waals surface area contributed by atoms with E-state index in [4.69, 9.17) is 5.73 Å². The van der Waals surface area contributed by atoms with E-state index in [-0.39, 0.29) is 0 Å². The third kappa shape index (κ3) is 1.28. The van der Waals surface area contributed by atoms with Crippen molar-refractivity contribution in [2.75, 3.05) is 0 Å². The van der Waals surface area contributed by atoms with Crippen LogP contribution >= 0.6 is 0 Å². The van der Waals surface area contributed by atoms with E-state index < -0.39 is 6.03 Å². The van der Waals surface area contributed by atoms with Crippen LogP contribution in [-0.2, 0) is 0 Å². The number of amides is 1. The third-order valence-corrected chi connectivity index (χ3v) is 1.51. The molecule has 0 bridgehead atoms. The third-order valence-electron chi connectivity index (χ3n) is 1.51. The molecule has 1 amide bonds. The van der Waals surface area contributed by atoms with E-state index in [2.05, 4.69) is 21.3 Å². The maximum atomic E-state index is 10.7. The van der Waals surface area contributed by atoms with Crippen molar-refractivity contribution >= 4 is 6.03 Å². The summed E-state index contributed by atoms with van der Waals surface area (Å²) in [5, 5.41) is 0. The molecule has 0 aliphatic rings. The molecule has 6 nitrogen and oxygen atoms in total. The molecule has 6 heteroatoms. The minimum absolute atomic E-state index is 0.531. The van der Waals surface area contributed by atoms with E-state index in [0.29, 0.717) is 11.5 Å². The van der Waals surface area contributed by atoms with Crippen molar-refractivity contribution in [3.05, 3.63) is 24.9 Å². The lowest BCUT2D eigenvalue weighted by atomic mass is 10.5. The molecule has 0 spiro atoms. The van der Waals surface area contributed by atoms with Crippen LogP contribution in [0.1, 0.15) is 0 Å². The second kappa shape index (κ2) is 2.74. The number of carbonyl (C=O) groups excluding carboxylic acids is 1. The Morgan fingerprint density at radius 3 is 3.08 bits per heavy atom. The summed E-state index contributed by atoms with van der Waals surface area (Å²) in [4.78, 5) is 21.3. The Morgan fingerprint density at radius 1 is 1.69 bits per heavy atom. The molecule has 0 saturated heterocycles. The van der Waals surface area contributed by atoms with E-state index in [1.54, 1.807) is 12.4 Å². The first-order chi connectivity index (χ1) is 6.27. The minimum Gasteiger partial charge on any atom is -0.351 e. The topological polar surface area (TPSA) is 89.6 Å². The van der Waals surface area contributed by atoms with Crippen LogP contribution in [0.3, 0.4) is 0 Å². The lowest BCUT2D eigenvalue weighted by Crippen LogP contribution is -2.17. The molecule has 3 N–H and O–H groups in total. The van der Waals surface area contributed by atoms with Crippen molar-refractivity contribution in [1.82, 2.24) is 19.5 Å². The van der Waals surface area contributed by atoms with E-state index in [9.17, 15) is 4.79 Å². The molecular weight excluding hydrogens is 170 g/mol. The van der Waals surface area contributed by atoms with Gasteiger partial charge in [0.25, 0.3) is 0 Å². The Hall–Kier alpha value is -2.11. The van der Waals surface area contributed by atoms with Gasteiger partial charge in [-0.1, -0.05) is 0 Å². The molecule has 0 saturated carbocycles. The number of aromatic amines is 1. The summed E-state index contributed by atoms with van der Waals surface area (Å²) in [7, 11) is 0. The molecule has 0 fully saturated rings. The summed E-state index contributed by atoms with van der Waals surface area (Å²) in [5.74, 6) is 0.580. The van der Waals surface area contributed by atoms with E-state index in [0.717, 1.165) is 4.57 Å².